The molecule has 222 valence electrons. The van der Waals surface area contributed by atoms with E-state index >= 15 is 0 Å². The third-order valence-corrected chi connectivity index (χ3v) is 8.48. The SMILES string of the molecule is CCOC(=O)C1=C(C(F)(F)F)N=c2s/c(=C\c3cc(Br)ccc3OCc3ccccc3Cl)c(=O)n2[C@@H]1c1ccc(Cl)cc1. The van der Waals surface area contributed by atoms with Crippen LogP contribution in [0.25, 0.3) is 6.08 Å². The van der Waals surface area contributed by atoms with Crippen LogP contribution < -0.4 is 19.6 Å². The van der Waals surface area contributed by atoms with Crippen LogP contribution in [-0.4, -0.2) is 23.3 Å². The Kier molecular flexibility index (Phi) is 9.17. The summed E-state index contributed by atoms with van der Waals surface area (Å²) in [6.45, 7) is 1.44. The predicted octanol–water partition coefficient (Wildman–Crippen LogP) is 6.99. The maximum Gasteiger partial charge on any atom is 0.434 e. The lowest BCUT2D eigenvalue weighted by Crippen LogP contribution is -2.41. The highest BCUT2D eigenvalue weighted by molar-refractivity contribution is 9.10. The molecule has 1 aromatic heterocycles. The lowest BCUT2D eigenvalue weighted by Gasteiger charge is -2.26. The van der Waals surface area contributed by atoms with Crippen molar-refractivity contribution in [1.29, 1.82) is 0 Å². The van der Waals surface area contributed by atoms with Crippen LogP contribution in [0.3, 0.4) is 0 Å². The van der Waals surface area contributed by atoms with Gasteiger partial charge >= 0.3 is 12.1 Å². The Labute approximate surface area is 265 Å². The van der Waals surface area contributed by atoms with Crippen molar-refractivity contribution >= 4 is 62.5 Å². The standard InChI is InChI=1S/C30H20BrCl2F3N2O4S/c1-2-41-28(40)24-25(16-7-10-20(32)11-8-16)38-27(39)23(43-29(38)37-26(24)30(34,35)36)14-18-13-19(31)9-12-22(18)42-15-17-5-3-4-6-21(17)33/h3-14,25H,2,15H2,1H3/b23-14-/t25-/m1/s1. The third kappa shape index (κ3) is 6.59. The summed E-state index contributed by atoms with van der Waals surface area (Å²) in [5.41, 5.74) is -1.42. The van der Waals surface area contributed by atoms with E-state index in [2.05, 4.69) is 20.9 Å². The number of carbonyl (C=O) groups excluding carboxylic acids is 1. The summed E-state index contributed by atoms with van der Waals surface area (Å²) >= 11 is 16.5. The molecule has 5 rings (SSSR count). The van der Waals surface area contributed by atoms with Gasteiger partial charge in [-0.05, 0) is 55.0 Å². The Morgan fingerprint density at radius 2 is 1.84 bits per heavy atom. The van der Waals surface area contributed by atoms with Crippen molar-refractivity contribution < 1.29 is 27.4 Å². The molecule has 0 N–H and O–H groups in total. The average molecular weight is 712 g/mol. The van der Waals surface area contributed by atoms with Crippen molar-refractivity contribution in [2.24, 2.45) is 4.99 Å². The zero-order valence-electron chi connectivity index (χ0n) is 22.1. The van der Waals surface area contributed by atoms with Crippen LogP contribution in [0.5, 0.6) is 5.75 Å². The molecule has 0 saturated carbocycles. The molecule has 43 heavy (non-hydrogen) atoms. The number of hydrogen-bond acceptors (Lipinski definition) is 6. The lowest BCUT2D eigenvalue weighted by molar-refractivity contribution is -0.140. The van der Waals surface area contributed by atoms with E-state index in [-0.39, 0.29) is 28.1 Å². The molecule has 0 saturated heterocycles. The highest BCUT2D eigenvalue weighted by Gasteiger charge is 2.45. The largest absolute Gasteiger partial charge is 0.488 e. The van der Waals surface area contributed by atoms with Gasteiger partial charge in [-0.3, -0.25) is 9.36 Å². The summed E-state index contributed by atoms with van der Waals surface area (Å²) in [6, 6.07) is 16.7. The van der Waals surface area contributed by atoms with Crippen molar-refractivity contribution in [1.82, 2.24) is 4.57 Å². The van der Waals surface area contributed by atoms with Gasteiger partial charge in [0.15, 0.2) is 10.5 Å². The smallest absolute Gasteiger partial charge is 0.434 e. The summed E-state index contributed by atoms with van der Waals surface area (Å²) in [5, 5.41) is 0.849. The Morgan fingerprint density at radius 1 is 1.12 bits per heavy atom. The first-order valence-electron chi connectivity index (χ1n) is 12.7. The Morgan fingerprint density at radius 3 is 2.51 bits per heavy atom. The minimum absolute atomic E-state index is 0.0741. The van der Waals surface area contributed by atoms with E-state index in [9.17, 15) is 22.8 Å². The molecule has 2 heterocycles. The van der Waals surface area contributed by atoms with E-state index < -0.39 is 35.0 Å². The number of halogens is 6. The van der Waals surface area contributed by atoms with E-state index in [1.807, 2.05) is 12.1 Å². The van der Waals surface area contributed by atoms with Crippen LogP contribution in [0, 0.1) is 0 Å². The number of allylic oxidation sites excluding steroid dienone is 1. The molecule has 1 aliphatic heterocycles. The number of benzene rings is 3. The van der Waals surface area contributed by atoms with Gasteiger partial charge in [0.25, 0.3) is 5.56 Å². The van der Waals surface area contributed by atoms with Gasteiger partial charge in [0, 0.05) is 25.6 Å². The molecule has 0 amide bonds. The molecule has 0 spiro atoms. The maximum absolute atomic E-state index is 14.3. The van der Waals surface area contributed by atoms with Gasteiger partial charge in [0.05, 0.1) is 22.8 Å². The molecular formula is C30H20BrCl2F3N2O4S. The molecule has 0 bridgehead atoms. The van der Waals surface area contributed by atoms with Gasteiger partial charge < -0.3 is 9.47 Å². The number of thiazole rings is 1. The lowest BCUT2D eigenvalue weighted by atomic mass is 9.95. The number of fused-ring (bicyclic) bond motifs is 1. The van der Waals surface area contributed by atoms with E-state index in [1.165, 1.54) is 37.3 Å². The number of esters is 1. The summed E-state index contributed by atoms with van der Waals surface area (Å²) in [7, 11) is 0. The monoisotopic (exact) mass is 710 g/mol. The van der Waals surface area contributed by atoms with Crippen LogP contribution in [0.1, 0.15) is 29.7 Å². The average Bonchev–Trinajstić information content (AvgIpc) is 3.27. The number of alkyl halides is 3. The summed E-state index contributed by atoms with van der Waals surface area (Å²) in [4.78, 5) is 30.5. The third-order valence-electron chi connectivity index (χ3n) is 6.38. The van der Waals surface area contributed by atoms with Gasteiger partial charge in [-0.1, -0.05) is 80.8 Å². The van der Waals surface area contributed by atoms with Crippen LogP contribution in [0.15, 0.2) is 92.3 Å². The fourth-order valence-electron chi connectivity index (χ4n) is 4.48. The fourth-order valence-corrected chi connectivity index (χ4v) is 6.16. The number of carbonyl (C=O) groups is 1. The molecule has 0 radical (unpaired) electrons. The fraction of sp³-hybridized carbons (Fsp3) is 0.167. The minimum atomic E-state index is -5.01. The Bertz CT molecular complexity index is 1920. The number of ether oxygens (including phenoxy) is 2. The molecule has 6 nitrogen and oxygen atoms in total. The predicted molar refractivity (Wildman–Crippen MR) is 162 cm³/mol. The number of rotatable bonds is 7. The van der Waals surface area contributed by atoms with Crippen molar-refractivity contribution in [3.8, 4) is 5.75 Å². The molecule has 0 fully saturated rings. The van der Waals surface area contributed by atoms with Gasteiger partial charge in [-0.15, -0.1) is 0 Å². The van der Waals surface area contributed by atoms with Crippen LogP contribution in [0.4, 0.5) is 13.2 Å². The maximum atomic E-state index is 14.3. The molecule has 1 aliphatic rings. The molecule has 0 unspecified atom stereocenters. The first-order chi connectivity index (χ1) is 20.5. The molecule has 13 heteroatoms. The number of hydrogen-bond donors (Lipinski definition) is 0. The second-order valence-corrected chi connectivity index (χ2v) is 11.9. The second kappa shape index (κ2) is 12.7. The van der Waals surface area contributed by atoms with Gasteiger partial charge in [-0.25, -0.2) is 9.79 Å². The first-order valence-corrected chi connectivity index (χ1v) is 15.1. The molecule has 1 atom stereocenters. The summed E-state index contributed by atoms with van der Waals surface area (Å²) in [6.07, 6.45) is -3.50. The van der Waals surface area contributed by atoms with Crippen molar-refractivity contribution in [2.45, 2.75) is 25.7 Å². The highest BCUT2D eigenvalue weighted by Crippen LogP contribution is 2.38. The summed E-state index contributed by atoms with van der Waals surface area (Å²) in [5.74, 6) is -0.818. The van der Waals surface area contributed by atoms with Crippen LogP contribution >= 0.6 is 50.5 Å². The zero-order valence-corrected chi connectivity index (χ0v) is 26.0. The quantitative estimate of drug-likeness (QED) is 0.194. The summed E-state index contributed by atoms with van der Waals surface area (Å²) < 4.78 is 55.9. The highest BCUT2D eigenvalue weighted by atomic mass is 79.9. The van der Waals surface area contributed by atoms with E-state index in [1.54, 1.807) is 30.3 Å². The van der Waals surface area contributed by atoms with E-state index in [0.717, 1.165) is 21.5 Å². The molecular weight excluding hydrogens is 692 g/mol. The van der Waals surface area contributed by atoms with Gasteiger partial charge in [0.2, 0.25) is 0 Å². The molecule has 3 aromatic carbocycles. The van der Waals surface area contributed by atoms with E-state index in [4.69, 9.17) is 32.7 Å². The van der Waals surface area contributed by atoms with Crippen molar-refractivity contribution in [2.75, 3.05) is 6.61 Å². The zero-order chi connectivity index (χ0) is 30.9. The van der Waals surface area contributed by atoms with Crippen molar-refractivity contribution in [3.63, 3.8) is 0 Å². The second-order valence-electron chi connectivity index (χ2n) is 9.18. The number of aromatic nitrogens is 1. The first kappa shape index (κ1) is 31.1. The number of nitrogens with zero attached hydrogens (tertiary/aromatic N) is 2. The van der Waals surface area contributed by atoms with Crippen molar-refractivity contribution in [3.05, 3.63) is 129 Å². The topological polar surface area (TPSA) is 69.9 Å². The molecule has 4 aromatic rings. The Balaban J connectivity index is 1.69. The van der Waals surface area contributed by atoms with Gasteiger partial charge in [0.1, 0.15) is 12.4 Å². The Hall–Kier alpha value is -3.38. The normalized spacial score (nSPS) is 15.2. The van der Waals surface area contributed by atoms with E-state index in [0.29, 0.717) is 25.8 Å². The van der Waals surface area contributed by atoms with Crippen LogP contribution in [-0.2, 0) is 16.1 Å². The van der Waals surface area contributed by atoms with Gasteiger partial charge in [-0.2, -0.15) is 13.2 Å². The van der Waals surface area contributed by atoms with Crippen LogP contribution in [0.2, 0.25) is 10.0 Å². The minimum Gasteiger partial charge on any atom is -0.488 e. The molecule has 0 aliphatic carbocycles.